The normalized spacial score (nSPS) is 14.3. The fourth-order valence-electron chi connectivity index (χ4n) is 4.18. The average Bonchev–Trinajstić information content (AvgIpc) is 3.14. The second-order valence-electron chi connectivity index (χ2n) is 8.51. The van der Waals surface area contributed by atoms with Gasteiger partial charge in [-0.05, 0) is 55.3 Å². The van der Waals surface area contributed by atoms with Gasteiger partial charge in [0.1, 0.15) is 12.4 Å². The third-order valence-corrected chi connectivity index (χ3v) is 6.05. The highest BCUT2D eigenvalue weighted by Crippen LogP contribution is 2.30. The van der Waals surface area contributed by atoms with E-state index in [2.05, 4.69) is 22.0 Å². The van der Waals surface area contributed by atoms with Crippen LogP contribution in [0.25, 0.3) is 0 Å². The van der Waals surface area contributed by atoms with Crippen LogP contribution < -0.4 is 14.2 Å². The lowest BCUT2D eigenvalue weighted by Crippen LogP contribution is -2.35. The highest BCUT2D eigenvalue weighted by molar-refractivity contribution is 5.95. The highest BCUT2D eigenvalue weighted by atomic mass is 16.5. The van der Waals surface area contributed by atoms with E-state index in [1.54, 1.807) is 25.6 Å². The molecular formula is C28H33N3O4. The van der Waals surface area contributed by atoms with Crippen LogP contribution in [0.5, 0.6) is 17.2 Å². The Morgan fingerprint density at radius 1 is 0.943 bits per heavy atom. The van der Waals surface area contributed by atoms with Crippen LogP contribution in [0.4, 0.5) is 0 Å². The Labute approximate surface area is 207 Å². The summed E-state index contributed by atoms with van der Waals surface area (Å²) in [7, 11) is 1.68. The molecule has 1 amide bonds. The third kappa shape index (κ3) is 6.73. The molecule has 0 N–H and O–H groups in total. The summed E-state index contributed by atoms with van der Waals surface area (Å²) in [4.78, 5) is 21.8. The maximum absolute atomic E-state index is 13.3. The lowest BCUT2D eigenvalue weighted by atomic mass is 10.1. The molecule has 0 bridgehead atoms. The number of carbonyl (C=O) groups excluding carboxylic acids is 1. The van der Waals surface area contributed by atoms with Crippen molar-refractivity contribution in [2.24, 2.45) is 0 Å². The minimum atomic E-state index is 0.0241. The summed E-state index contributed by atoms with van der Waals surface area (Å²) < 4.78 is 17.0. The number of hydrogen-bond donors (Lipinski definition) is 0. The van der Waals surface area contributed by atoms with Crippen LogP contribution in [-0.2, 0) is 13.2 Å². The van der Waals surface area contributed by atoms with E-state index in [0.29, 0.717) is 36.8 Å². The van der Waals surface area contributed by atoms with E-state index in [1.165, 1.54) is 5.56 Å². The third-order valence-electron chi connectivity index (χ3n) is 6.05. The first-order chi connectivity index (χ1) is 17.2. The molecule has 3 aromatic rings. The van der Waals surface area contributed by atoms with Crippen molar-refractivity contribution in [3.63, 3.8) is 0 Å². The Morgan fingerprint density at radius 3 is 2.54 bits per heavy atom. The summed E-state index contributed by atoms with van der Waals surface area (Å²) in [5, 5.41) is 0. The van der Waals surface area contributed by atoms with Gasteiger partial charge in [0, 0.05) is 56.2 Å². The van der Waals surface area contributed by atoms with E-state index < -0.39 is 0 Å². The maximum Gasteiger partial charge on any atom is 0.254 e. The summed E-state index contributed by atoms with van der Waals surface area (Å²) in [6.07, 6.45) is 4.44. The van der Waals surface area contributed by atoms with Crippen molar-refractivity contribution in [3.05, 3.63) is 83.7 Å². The number of hydrogen-bond acceptors (Lipinski definition) is 6. The number of benzene rings is 2. The van der Waals surface area contributed by atoms with E-state index in [9.17, 15) is 4.79 Å². The molecule has 1 fully saturated rings. The van der Waals surface area contributed by atoms with Gasteiger partial charge in [-0.15, -0.1) is 0 Å². The second-order valence-corrected chi connectivity index (χ2v) is 8.51. The minimum absolute atomic E-state index is 0.0241. The zero-order chi connectivity index (χ0) is 24.5. The maximum atomic E-state index is 13.3. The molecule has 1 aromatic heterocycles. The molecule has 0 aliphatic carbocycles. The first kappa shape index (κ1) is 24.5. The van der Waals surface area contributed by atoms with E-state index in [1.807, 2.05) is 48.2 Å². The van der Waals surface area contributed by atoms with Crippen molar-refractivity contribution in [2.45, 2.75) is 26.5 Å². The summed E-state index contributed by atoms with van der Waals surface area (Å²) in [5.41, 5.74) is 2.83. The van der Waals surface area contributed by atoms with Gasteiger partial charge in [0.15, 0.2) is 11.5 Å². The lowest BCUT2D eigenvalue weighted by molar-refractivity contribution is 0.0760. The molecule has 0 spiro atoms. The minimum Gasteiger partial charge on any atom is -0.497 e. The van der Waals surface area contributed by atoms with Gasteiger partial charge in [0.25, 0.3) is 5.91 Å². The van der Waals surface area contributed by atoms with Crippen LogP contribution in [0.2, 0.25) is 0 Å². The van der Waals surface area contributed by atoms with Gasteiger partial charge in [-0.2, -0.15) is 0 Å². The second kappa shape index (κ2) is 12.2. The Kier molecular flexibility index (Phi) is 8.57. The molecule has 7 heteroatoms. The quantitative estimate of drug-likeness (QED) is 0.457. The molecule has 1 saturated heterocycles. The fourth-order valence-corrected chi connectivity index (χ4v) is 4.18. The molecule has 0 saturated carbocycles. The van der Waals surface area contributed by atoms with Gasteiger partial charge in [-0.25, -0.2) is 0 Å². The Balaban J connectivity index is 1.38. The van der Waals surface area contributed by atoms with Crippen LogP contribution in [0.1, 0.15) is 34.8 Å². The number of nitrogens with zero attached hydrogens (tertiary/aromatic N) is 3. The molecule has 1 aliphatic heterocycles. The van der Waals surface area contributed by atoms with Crippen LogP contribution in [-0.4, -0.2) is 60.6 Å². The number of ether oxygens (including phenoxy) is 3. The van der Waals surface area contributed by atoms with Gasteiger partial charge in [-0.1, -0.05) is 18.2 Å². The van der Waals surface area contributed by atoms with Crippen LogP contribution in [0.15, 0.2) is 67.0 Å². The van der Waals surface area contributed by atoms with Crippen LogP contribution >= 0.6 is 0 Å². The van der Waals surface area contributed by atoms with Crippen molar-refractivity contribution >= 4 is 5.91 Å². The SMILES string of the molecule is CCOc1cc(C(=O)N2CCCN(Cc3ccc(OC)cc3)CC2)ccc1OCc1cccnc1. The van der Waals surface area contributed by atoms with Crippen molar-refractivity contribution in [2.75, 3.05) is 39.9 Å². The molecule has 2 aromatic carbocycles. The lowest BCUT2D eigenvalue weighted by Gasteiger charge is -2.22. The molecule has 0 atom stereocenters. The topological polar surface area (TPSA) is 64.1 Å². The number of pyridine rings is 1. The van der Waals surface area contributed by atoms with Gasteiger partial charge >= 0.3 is 0 Å². The van der Waals surface area contributed by atoms with E-state index in [4.69, 9.17) is 14.2 Å². The van der Waals surface area contributed by atoms with Gasteiger partial charge < -0.3 is 19.1 Å². The standard InChI is InChI=1S/C28H33N3O4/c1-3-34-27-18-24(9-12-26(27)35-21-23-6-4-13-29-19-23)28(32)31-15-5-14-30(16-17-31)20-22-7-10-25(33-2)11-8-22/h4,6-13,18-19H,3,5,14-17,20-21H2,1-2H3. The molecule has 4 rings (SSSR count). The first-order valence-corrected chi connectivity index (χ1v) is 12.1. The predicted octanol–water partition coefficient (Wildman–Crippen LogP) is 4.42. The number of carbonyl (C=O) groups is 1. The Hall–Kier alpha value is -3.58. The van der Waals surface area contributed by atoms with Gasteiger partial charge in [0.05, 0.1) is 13.7 Å². The van der Waals surface area contributed by atoms with Gasteiger partial charge in [-0.3, -0.25) is 14.7 Å². The molecule has 7 nitrogen and oxygen atoms in total. The van der Waals surface area contributed by atoms with E-state index in [0.717, 1.165) is 43.9 Å². The van der Waals surface area contributed by atoms with Crippen molar-refractivity contribution in [3.8, 4) is 17.2 Å². The first-order valence-electron chi connectivity index (χ1n) is 12.1. The molecule has 1 aliphatic rings. The number of amides is 1. The molecule has 0 radical (unpaired) electrons. The van der Waals surface area contributed by atoms with Crippen LogP contribution in [0.3, 0.4) is 0 Å². The van der Waals surface area contributed by atoms with E-state index in [-0.39, 0.29) is 5.91 Å². The molecule has 2 heterocycles. The predicted molar refractivity (Wildman–Crippen MR) is 135 cm³/mol. The number of methoxy groups -OCH3 is 1. The smallest absolute Gasteiger partial charge is 0.254 e. The highest BCUT2D eigenvalue weighted by Gasteiger charge is 2.22. The largest absolute Gasteiger partial charge is 0.497 e. The van der Waals surface area contributed by atoms with Crippen molar-refractivity contribution in [1.82, 2.24) is 14.8 Å². The summed E-state index contributed by atoms with van der Waals surface area (Å²) in [6.45, 7) is 6.89. The summed E-state index contributed by atoms with van der Waals surface area (Å²) in [5.74, 6) is 2.09. The average molecular weight is 476 g/mol. The summed E-state index contributed by atoms with van der Waals surface area (Å²) >= 11 is 0. The Morgan fingerprint density at radius 2 is 1.80 bits per heavy atom. The van der Waals surface area contributed by atoms with Crippen LogP contribution in [0, 0.1) is 0 Å². The van der Waals surface area contributed by atoms with E-state index >= 15 is 0 Å². The van der Waals surface area contributed by atoms with Crippen molar-refractivity contribution < 1.29 is 19.0 Å². The number of rotatable bonds is 9. The van der Waals surface area contributed by atoms with Gasteiger partial charge in [0.2, 0.25) is 0 Å². The monoisotopic (exact) mass is 475 g/mol. The zero-order valence-electron chi connectivity index (χ0n) is 20.5. The fraction of sp³-hybridized carbons (Fsp3) is 0.357. The molecule has 184 valence electrons. The summed E-state index contributed by atoms with van der Waals surface area (Å²) in [6, 6.07) is 17.5. The Bertz CT molecular complexity index is 1090. The molecule has 0 unspecified atom stereocenters. The molecular weight excluding hydrogens is 442 g/mol. The molecule has 35 heavy (non-hydrogen) atoms. The zero-order valence-corrected chi connectivity index (χ0v) is 20.5. The van der Waals surface area contributed by atoms with Crippen molar-refractivity contribution in [1.29, 1.82) is 0 Å². The number of aromatic nitrogens is 1.